The molecule has 4 heterocycles. The van der Waals surface area contributed by atoms with Crippen molar-refractivity contribution < 1.29 is 9.53 Å². The van der Waals surface area contributed by atoms with Crippen molar-refractivity contribution in [2.45, 2.75) is 116 Å². The molecule has 14 heteroatoms. The summed E-state index contributed by atoms with van der Waals surface area (Å²) in [5, 5.41) is 12.3. The van der Waals surface area contributed by atoms with Gasteiger partial charge in [-0.3, -0.25) is 0 Å². The van der Waals surface area contributed by atoms with Crippen molar-refractivity contribution in [2.24, 2.45) is 5.73 Å². The quantitative estimate of drug-likeness (QED) is 0.0468. The Morgan fingerprint density at radius 3 is 1.73 bits per heavy atom. The predicted molar refractivity (Wildman–Crippen MR) is 269 cm³/mol. The van der Waals surface area contributed by atoms with E-state index in [4.69, 9.17) is 20.4 Å². The first-order valence-electron chi connectivity index (χ1n) is 22.1. The second-order valence-electron chi connectivity index (χ2n) is 17.7. The first-order chi connectivity index (χ1) is 30.4. The molecule has 0 spiro atoms. The Morgan fingerprint density at radius 1 is 0.714 bits per heavy atom. The summed E-state index contributed by atoms with van der Waals surface area (Å²) in [5.41, 5.74) is 14.8. The normalized spacial score (nSPS) is 18.7. The maximum atomic E-state index is 12.3. The van der Waals surface area contributed by atoms with Gasteiger partial charge in [0.15, 0.2) is 0 Å². The Labute approximate surface area is 384 Å². The lowest BCUT2D eigenvalue weighted by atomic mass is 9.91. The van der Waals surface area contributed by atoms with Gasteiger partial charge >= 0.3 is 6.09 Å². The minimum Gasteiger partial charge on any atom is -0.445 e. The molecule has 3 aromatic carbocycles. The summed E-state index contributed by atoms with van der Waals surface area (Å²) < 4.78 is 5.39. The smallest absolute Gasteiger partial charge is 0.407 e. The number of nitrogens with one attached hydrogen (secondary N) is 5. The molecule has 4 aromatic heterocycles. The fourth-order valence-corrected chi connectivity index (χ4v) is 8.21. The zero-order chi connectivity index (χ0) is 44.3. The lowest BCUT2D eigenvalue weighted by Gasteiger charge is -2.30. The van der Waals surface area contributed by atoms with Gasteiger partial charge in [0.05, 0.1) is 11.4 Å². The van der Waals surface area contributed by atoms with E-state index < -0.39 is 5.57 Å². The van der Waals surface area contributed by atoms with Crippen LogP contribution in [0.4, 0.5) is 16.7 Å². The predicted octanol–water partition coefficient (Wildman–Crippen LogP) is 11.5. The van der Waals surface area contributed by atoms with Crippen LogP contribution < -0.4 is 21.7 Å². The summed E-state index contributed by atoms with van der Waals surface area (Å²) in [5.74, 6) is 1.31. The van der Waals surface area contributed by atoms with Gasteiger partial charge in [-0.05, 0) is 94.0 Å². The molecule has 0 aliphatic heterocycles. The number of anilines is 2. The summed E-state index contributed by atoms with van der Waals surface area (Å²) in [6, 6.07) is 27.1. The summed E-state index contributed by atoms with van der Waals surface area (Å²) in [4.78, 5) is 37.6. The second-order valence-corrected chi connectivity index (χ2v) is 31.5. The third-order valence-electron chi connectivity index (χ3n) is 11.2. The molecule has 0 unspecified atom stereocenters. The molecule has 63 heavy (non-hydrogen) atoms. The van der Waals surface area contributed by atoms with Gasteiger partial charge in [-0.15, -0.1) is 21.8 Å². The molecule has 2 aliphatic carbocycles. The van der Waals surface area contributed by atoms with Crippen LogP contribution in [0.1, 0.15) is 68.1 Å². The molecule has 7 aromatic rings. The number of alkyl carbamates (subject to hydrolysis) is 1. The van der Waals surface area contributed by atoms with Crippen molar-refractivity contribution in [1.29, 1.82) is 0 Å². The Balaban J connectivity index is 0.000000179. The molecule has 2 aliphatic rings. The maximum Gasteiger partial charge on any atom is 0.407 e. The molecule has 2 saturated carbocycles. The number of halogens is 1. The van der Waals surface area contributed by atoms with E-state index in [-0.39, 0.29) is 30.8 Å². The van der Waals surface area contributed by atoms with Crippen LogP contribution in [0.15, 0.2) is 104 Å². The number of ether oxygens (including phenoxy) is 1. The second kappa shape index (κ2) is 21.4. The van der Waals surface area contributed by atoms with Gasteiger partial charge in [0.1, 0.15) is 12.2 Å². The van der Waals surface area contributed by atoms with Gasteiger partial charge in [-0.25, -0.2) is 24.7 Å². The van der Waals surface area contributed by atoms with Gasteiger partial charge in [0.25, 0.3) is 0 Å². The van der Waals surface area contributed by atoms with E-state index in [1.54, 1.807) is 0 Å². The molecule has 1 amide bonds. The number of benzene rings is 3. The van der Waals surface area contributed by atoms with Crippen LogP contribution in [0.3, 0.4) is 0 Å². The number of nitrogens with zero attached hydrogens (tertiary/aromatic N) is 4. The van der Waals surface area contributed by atoms with Crippen molar-refractivity contribution >= 4 is 67.2 Å². The first kappa shape index (κ1) is 45.7. The highest BCUT2D eigenvalue weighted by molar-refractivity contribution is 14.1. The van der Waals surface area contributed by atoms with Crippen molar-refractivity contribution in [2.75, 3.05) is 10.6 Å². The monoisotopic (exact) mass is 976 g/mol. The number of rotatable bonds is 9. The molecule has 9 rings (SSSR count). The molecular formula is C49H61IN10O2Si. The maximum absolute atomic E-state index is 12.3. The highest BCUT2D eigenvalue weighted by Gasteiger charge is 2.25. The van der Waals surface area contributed by atoms with E-state index in [9.17, 15) is 4.79 Å². The number of hydrogen-bond donors (Lipinski definition) is 6. The number of para-hydroxylation sites is 2. The van der Waals surface area contributed by atoms with Crippen LogP contribution in [0.5, 0.6) is 0 Å². The van der Waals surface area contributed by atoms with Gasteiger partial charge < -0.3 is 36.4 Å². The van der Waals surface area contributed by atoms with Crippen molar-refractivity contribution in [3.63, 3.8) is 0 Å². The standard InChI is InChI=1S/C27H29N5O2.C19H23N5.C3H9ISi/c1-18-15-29-26(32-25(18)23-16-28-24-13-6-5-12-22(23)24)30-20-10-7-11-21(14-20)31-27(33)34-17-19-8-3-2-4-9-19;1-12-10-22-19(23-14-6-4-5-13(20)9-14)24-18(12)16-11-21-17-8-3-2-7-15(16)17;1-5(2,3)4/h2-6,8-9,12-13,15-16,20-21,28H,7,10-11,14,17H2,1H3,(H,31,33)(H,29,30,32);2-3,7-8,10-11,13-14,21H,4-6,9,20H2,1H3,(H,22,23,24);1-3H3/t20-,21+;13-,14+;/m10./s1. The van der Waals surface area contributed by atoms with E-state index in [1.165, 1.54) is 11.8 Å². The average molecular weight is 977 g/mol. The van der Waals surface area contributed by atoms with Crippen LogP contribution >= 0.6 is 21.8 Å². The summed E-state index contributed by atoms with van der Waals surface area (Å²) in [7, 11) is 0. The summed E-state index contributed by atoms with van der Waals surface area (Å²) in [6.07, 6.45) is 15.6. The third-order valence-corrected chi connectivity index (χ3v) is 11.2. The SMILES string of the molecule is C[Si](C)(C)I.Cc1cnc(N[C@@H]2CCC[C@H](N)C2)nc1-c1c[nH]c2ccccc12.Cc1cnc(N[C@@H]2CCC[C@H](NC(=O)OCc3ccccc3)C2)nc1-c1c[nH]c2ccccc12. The van der Waals surface area contributed by atoms with E-state index in [0.29, 0.717) is 17.9 Å². The van der Waals surface area contributed by atoms with E-state index in [2.05, 4.69) is 115 Å². The summed E-state index contributed by atoms with van der Waals surface area (Å²) >= 11 is 2.52. The van der Waals surface area contributed by atoms with Crippen LogP contribution in [-0.2, 0) is 11.3 Å². The molecule has 12 nitrogen and oxygen atoms in total. The van der Waals surface area contributed by atoms with Crippen molar-refractivity contribution in [3.05, 3.63) is 120 Å². The number of aromatic amines is 2. The van der Waals surface area contributed by atoms with Crippen LogP contribution in [0, 0.1) is 13.8 Å². The Hall–Kier alpha value is -5.32. The first-order valence-corrected chi connectivity index (χ1v) is 28.7. The minimum absolute atomic E-state index is 0.0630. The highest BCUT2D eigenvalue weighted by atomic mass is 127. The van der Waals surface area contributed by atoms with Crippen LogP contribution in [0.25, 0.3) is 44.3 Å². The Kier molecular flexibility index (Phi) is 15.5. The Bertz CT molecular complexity index is 2570. The zero-order valence-corrected chi connectivity index (χ0v) is 40.2. The number of amides is 1. The van der Waals surface area contributed by atoms with E-state index in [1.807, 2.05) is 80.2 Å². The minimum atomic E-state index is -0.641. The van der Waals surface area contributed by atoms with Crippen molar-refractivity contribution in [3.8, 4) is 22.5 Å². The molecule has 0 bridgehead atoms. The number of aryl methyl sites for hydroxylation is 2. The number of aromatic nitrogens is 6. The topological polar surface area (TPSA) is 172 Å². The summed E-state index contributed by atoms with van der Waals surface area (Å²) in [6.45, 7) is 11.3. The number of hydrogen-bond acceptors (Lipinski definition) is 9. The lowest BCUT2D eigenvalue weighted by Crippen LogP contribution is -2.42. The molecule has 7 N–H and O–H groups in total. The number of H-pyrrole nitrogens is 2. The van der Waals surface area contributed by atoms with Crippen LogP contribution in [-0.4, -0.2) is 65.7 Å². The highest BCUT2D eigenvalue weighted by Crippen LogP contribution is 2.32. The van der Waals surface area contributed by atoms with Crippen LogP contribution in [0.2, 0.25) is 19.6 Å². The number of carbonyl (C=O) groups excluding carboxylic acids is 1. The average Bonchev–Trinajstić information content (AvgIpc) is 3.90. The van der Waals surface area contributed by atoms with Gasteiger partial charge in [0.2, 0.25) is 11.9 Å². The fourth-order valence-electron chi connectivity index (χ4n) is 8.21. The van der Waals surface area contributed by atoms with Gasteiger partial charge in [0, 0.05) is 81.9 Å². The molecule has 0 saturated heterocycles. The fraction of sp³-hybridized carbons (Fsp3) is 0.367. The number of fused-ring (bicyclic) bond motifs is 2. The Morgan fingerprint density at radius 2 is 1.19 bits per heavy atom. The molecule has 4 atom stereocenters. The zero-order valence-electron chi connectivity index (χ0n) is 37.0. The number of nitrogens with two attached hydrogens (primary N) is 1. The molecule has 2 fully saturated rings. The number of carbonyl (C=O) groups is 1. The lowest BCUT2D eigenvalue weighted by molar-refractivity contribution is 0.132. The molecule has 0 radical (unpaired) electrons. The van der Waals surface area contributed by atoms with E-state index >= 15 is 0 Å². The van der Waals surface area contributed by atoms with Gasteiger partial charge in [-0.1, -0.05) is 86.4 Å². The van der Waals surface area contributed by atoms with Crippen molar-refractivity contribution in [1.82, 2.24) is 35.2 Å². The van der Waals surface area contributed by atoms with E-state index in [0.717, 1.165) is 101 Å². The largest absolute Gasteiger partial charge is 0.445 e. The molecular weight excluding hydrogens is 916 g/mol. The third kappa shape index (κ3) is 13.1. The van der Waals surface area contributed by atoms with Gasteiger partial charge in [-0.2, -0.15) is 0 Å². The molecule has 330 valence electrons.